The van der Waals surface area contributed by atoms with Gasteiger partial charge in [-0.25, -0.2) is 0 Å². The maximum Gasteiger partial charge on any atom is 0.325 e. The second-order valence-corrected chi connectivity index (χ2v) is 6.60. The minimum Gasteiger partial charge on any atom is -0.468 e. The van der Waals surface area contributed by atoms with Gasteiger partial charge >= 0.3 is 5.97 Å². The van der Waals surface area contributed by atoms with Gasteiger partial charge in [-0.1, -0.05) is 11.6 Å². The SMILES string of the molecule is COC(=O)C(C)(C)NC(c1ccco1)c1ccc(Cl)s1. The third kappa shape index (κ3) is 3.23. The molecule has 0 saturated heterocycles. The van der Waals surface area contributed by atoms with E-state index < -0.39 is 5.54 Å². The lowest BCUT2D eigenvalue weighted by atomic mass is 10.0. The van der Waals surface area contributed by atoms with Gasteiger partial charge in [0, 0.05) is 4.88 Å². The largest absolute Gasteiger partial charge is 0.468 e. The van der Waals surface area contributed by atoms with E-state index in [9.17, 15) is 4.79 Å². The van der Waals surface area contributed by atoms with Crippen molar-refractivity contribution in [2.75, 3.05) is 7.11 Å². The Kier molecular flexibility index (Phi) is 4.52. The molecule has 108 valence electrons. The molecule has 0 aromatic carbocycles. The zero-order valence-electron chi connectivity index (χ0n) is 11.5. The van der Waals surface area contributed by atoms with Crippen LogP contribution in [0.3, 0.4) is 0 Å². The Morgan fingerprint density at radius 3 is 2.70 bits per heavy atom. The fraction of sp³-hybridized carbons (Fsp3) is 0.357. The predicted octanol–water partition coefficient (Wildman–Crippen LogP) is 3.63. The molecule has 4 nitrogen and oxygen atoms in total. The summed E-state index contributed by atoms with van der Waals surface area (Å²) in [6, 6.07) is 7.16. The van der Waals surface area contributed by atoms with Crippen molar-refractivity contribution in [3.63, 3.8) is 0 Å². The number of hydrogen-bond acceptors (Lipinski definition) is 5. The third-order valence-electron chi connectivity index (χ3n) is 2.91. The number of thiophene rings is 1. The van der Waals surface area contributed by atoms with Crippen molar-refractivity contribution >= 4 is 28.9 Å². The minimum atomic E-state index is -0.845. The summed E-state index contributed by atoms with van der Waals surface area (Å²) in [6.45, 7) is 3.54. The molecule has 2 aromatic rings. The molecule has 1 N–H and O–H groups in total. The lowest BCUT2D eigenvalue weighted by molar-refractivity contribution is -0.147. The molecule has 1 unspecified atom stereocenters. The molecule has 0 aliphatic carbocycles. The number of hydrogen-bond donors (Lipinski definition) is 1. The zero-order chi connectivity index (χ0) is 14.8. The molecule has 0 spiro atoms. The highest BCUT2D eigenvalue weighted by Crippen LogP contribution is 2.32. The van der Waals surface area contributed by atoms with Gasteiger partial charge in [0.15, 0.2) is 0 Å². The first kappa shape index (κ1) is 15.1. The molecule has 0 bridgehead atoms. The standard InChI is InChI=1S/C14H16ClNO3S/c1-14(2,13(17)18-3)16-12(9-5-4-8-19-9)10-6-7-11(15)20-10/h4-8,12,16H,1-3H3. The van der Waals surface area contributed by atoms with Crippen LogP contribution in [-0.2, 0) is 9.53 Å². The molecule has 0 amide bonds. The van der Waals surface area contributed by atoms with Gasteiger partial charge < -0.3 is 9.15 Å². The van der Waals surface area contributed by atoms with Gasteiger partial charge in [0.1, 0.15) is 17.3 Å². The van der Waals surface area contributed by atoms with Gasteiger partial charge in [0.05, 0.1) is 17.7 Å². The highest BCUT2D eigenvalue weighted by molar-refractivity contribution is 7.16. The van der Waals surface area contributed by atoms with Gasteiger partial charge in [0.2, 0.25) is 0 Å². The van der Waals surface area contributed by atoms with E-state index in [1.54, 1.807) is 20.1 Å². The fourth-order valence-electron chi connectivity index (χ4n) is 1.90. The van der Waals surface area contributed by atoms with E-state index in [4.69, 9.17) is 20.8 Å². The molecular weight excluding hydrogens is 298 g/mol. The maximum atomic E-state index is 11.8. The number of nitrogens with one attached hydrogen (secondary N) is 1. The van der Waals surface area contributed by atoms with Crippen LogP contribution >= 0.6 is 22.9 Å². The van der Waals surface area contributed by atoms with E-state index in [2.05, 4.69) is 5.32 Å². The first-order valence-corrected chi connectivity index (χ1v) is 7.28. The first-order valence-electron chi connectivity index (χ1n) is 6.09. The number of carbonyl (C=O) groups excluding carboxylic acids is 1. The monoisotopic (exact) mass is 313 g/mol. The van der Waals surface area contributed by atoms with E-state index >= 15 is 0 Å². The summed E-state index contributed by atoms with van der Waals surface area (Å²) in [5.74, 6) is 0.386. The maximum absolute atomic E-state index is 11.8. The van der Waals surface area contributed by atoms with Crippen molar-refractivity contribution in [3.8, 4) is 0 Å². The summed E-state index contributed by atoms with van der Waals surface area (Å²) >= 11 is 7.44. The number of carbonyl (C=O) groups is 1. The average Bonchev–Trinajstić information content (AvgIpc) is 3.06. The Hall–Kier alpha value is -1.30. The van der Waals surface area contributed by atoms with Gasteiger partial charge in [0.25, 0.3) is 0 Å². The van der Waals surface area contributed by atoms with E-state index in [0.29, 0.717) is 4.34 Å². The highest BCUT2D eigenvalue weighted by atomic mass is 35.5. The second kappa shape index (κ2) is 5.99. The molecule has 2 aromatic heterocycles. The summed E-state index contributed by atoms with van der Waals surface area (Å²) in [7, 11) is 1.37. The van der Waals surface area contributed by atoms with Crippen LogP contribution in [0.15, 0.2) is 34.9 Å². The Bertz CT molecular complexity index is 577. The molecule has 2 rings (SSSR count). The second-order valence-electron chi connectivity index (χ2n) is 4.85. The summed E-state index contributed by atoms with van der Waals surface area (Å²) in [4.78, 5) is 12.8. The molecule has 6 heteroatoms. The van der Waals surface area contributed by atoms with E-state index in [-0.39, 0.29) is 12.0 Å². The van der Waals surface area contributed by atoms with Crippen LogP contribution < -0.4 is 5.32 Å². The molecule has 0 radical (unpaired) electrons. The number of furan rings is 1. The molecule has 20 heavy (non-hydrogen) atoms. The molecular formula is C14H16ClNO3S. The fourth-order valence-corrected chi connectivity index (χ4v) is 3.02. The molecule has 2 heterocycles. The number of halogens is 1. The van der Waals surface area contributed by atoms with Crippen molar-refractivity contribution < 1.29 is 13.9 Å². The minimum absolute atomic E-state index is 0.253. The molecule has 0 aliphatic heterocycles. The Morgan fingerprint density at radius 1 is 1.45 bits per heavy atom. The summed E-state index contributed by atoms with van der Waals surface area (Å²) < 4.78 is 11.0. The van der Waals surface area contributed by atoms with Crippen LogP contribution in [-0.4, -0.2) is 18.6 Å². The molecule has 0 fully saturated rings. The van der Waals surface area contributed by atoms with Crippen LogP contribution in [0.25, 0.3) is 0 Å². The normalized spacial score (nSPS) is 13.2. The number of rotatable bonds is 5. The predicted molar refractivity (Wildman–Crippen MR) is 79.1 cm³/mol. The van der Waals surface area contributed by atoms with Crippen molar-refractivity contribution in [1.29, 1.82) is 0 Å². The number of methoxy groups -OCH3 is 1. The zero-order valence-corrected chi connectivity index (χ0v) is 13.0. The van der Waals surface area contributed by atoms with Crippen LogP contribution in [0.2, 0.25) is 4.34 Å². The van der Waals surface area contributed by atoms with Crippen LogP contribution in [0, 0.1) is 0 Å². The Labute approximate surface area is 126 Å². The van der Waals surface area contributed by atoms with Crippen molar-refractivity contribution in [2.45, 2.75) is 25.4 Å². The van der Waals surface area contributed by atoms with E-state index in [1.807, 2.05) is 24.3 Å². The summed E-state index contributed by atoms with van der Waals surface area (Å²) in [5, 5.41) is 3.26. The van der Waals surface area contributed by atoms with Gasteiger partial charge in [-0.05, 0) is 38.1 Å². The van der Waals surface area contributed by atoms with E-state index in [0.717, 1.165) is 10.6 Å². The first-order chi connectivity index (χ1) is 9.44. The topological polar surface area (TPSA) is 51.5 Å². The van der Waals surface area contributed by atoms with Crippen molar-refractivity contribution in [3.05, 3.63) is 45.5 Å². The van der Waals surface area contributed by atoms with E-state index in [1.165, 1.54) is 18.4 Å². The molecule has 0 saturated carbocycles. The van der Waals surface area contributed by atoms with Crippen molar-refractivity contribution in [1.82, 2.24) is 5.32 Å². The summed E-state index contributed by atoms with van der Waals surface area (Å²) in [6.07, 6.45) is 1.60. The third-order valence-corrected chi connectivity index (χ3v) is 4.20. The van der Waals surface area contributed by atoms with Gasteiger partial charge in [-0.15, -0.1) is 11.3 Å². The smallest absolute Gasteiger partial charge is 0.325 e. The van der Waals surface area contributed by atoms with Crippen LogP contribution in [0.1, 0.15) is 30.5 Å². The number of ether oxygens (including phenoxy) is 1. The lowest BCUT2D eigenvalue weighted by Gasteiger charge is -2.28. The van der Waals surface area contributed by atoms with Crippen molar-refractivity contribution in [2.24, 2.45) is 0 Å². The van der Waals surface area contributed by atoms with Crippen LogP contribution in [0.5, 0.6) is 0 Å². The molecule has 0 aliphatic rings. The van der Waals surface area contributed by atoms with Gasteiger partial charge in [-0.2, -0.15) is 0 Å². The highest BCUT2D eigenvalue weighted by Gasteiger charge is 2.33. The van der Waals surface area contributed by atoms with Gasteiger partial charge in [-0.3, -0.25) is 10.1 Å². The van der Waals surface area contributed by atoms with Crippen LogP contribution in [0.4, 0.5) is 0 Å². The molecule has 1 atom stereocenters. The Balaban J connectivity index is 2.31. The lowest BCUT2D eigenvalue weighted by Crippen LogP contribution is -2.49. The summed E-state index contributed by atoms with van der Waals surface area (Å²) in [5.41, 5.74) is -0.845. The average molecular weight is 314 g/mol. The number of esters is 1. The quantitative estimate of drug-likeness (QED) is 0.856. The Morgan fingerprint density at radius 2 is 2.20 bits per heavy atom.